The first kappa shape index (κ1) is 41.3. The van der Waals surface area contributed by atoms with Crippen molar-refractivity contribution in [1.29, 1.82) is 0 Å². The summed E-state index contributed by atoms with van der Waals surface area (Å²) >= 11 is 0. The lowest BCUT2D eigenvalue weighted by atomic mass is 9.32. The first-order chi connectivity index (χ1) is 27.3. The molecule has 2 N–H and O–H groups in total. The molecule has 316 valence electrons. The number of likely N-dealkylation sites (tertiary alicyclic amines) is 1. The number of aromatic nitrogens is 2. The lowest BCUT2D eigenvalue weighted by Gasteiger charge is -2.73. The molecule has 0 radical (unpaired) electrons. The number of fused-ring (bicyclic) bond motifs is 7. The van der Waals surface area contributed by atoms with Crippen LogP contribution in [0, 0.1) is 62.1 Å². The van der Waals surface area contributed by atoms with Crippen LogP contribution in [0.2, 0.25) is 0 Å². The van der Waals surface area contributed by atoms with Gasteiger partial charge in [0.2, 0.25) is 5.91 Å². The number of nitrogens with one attached hydrogen (secondary N) is 1. The third-order valence-corrected chi connectivity index (χ3v) is 18.5. The molecule has 1 aromatic heterocycles. The van der Waals surface area contributed by atoms with Gasteiger partial charge in [0.25, 0.3) is 0 Å². The summed E-state index contributed by atoms with van der Waals surface area (Å²) in [6, 6.07) is 10.3. The Hall–Kier alpha value is -3.42. The number of benzene rings is 1. The first-order valence-corrected chi connectivity index (χ1v) is 22.8. The van der Waals surface area contributed by atoms with Crippen LogP contribution in [0.15, 0.2) is 48.7 Å². The van der Waals surface area contributed by atoms with Crippen molar-refractivity contribution in [2.45, 2.75) is 157 Å². The van der Waals surface area contributed by atoms with Crippen LogP contribution in [0.4, 0.5) is 0 Å². The first-order valence-electron chi connectivity index (χ1n) is 22.8. The fraction of sp³-hybridized carbons (Fsp3) is 0.720. The molecule has 0 bridgehead atoms. The SMILES string of the molecule is C=C(C)[C@@H]1CC[C@]2(C(=O)N3CCC[C@@H]3c3ncc(-c4ccccc4)[nH]3)CC[C@]3(C)[C@H](CCC4[C@@]5(C)CC[C@H](OC(=O)CC(C)(C)CC(=O)O)C(C)(C)C5CC[C@]43C)[C@@H]12. The van der Waals surface area contributed by atoms with Crippen LogP contribution in [-0.4, -0.2) is 50.5 Å². The second-order valence-corrected chi connectivity index (χ2v) is 22.3. The van der Waals surface area contributed by atoms with Gasteiger partial charge in [0, 0.05) is 12.0 Å². The number of aromatic amines is 1. The van der Waals surface area contributed by atoms with Crippen molar-refractivity contribution in [2.24, 2.45) is 62.1 Å². The fourth-order valence-electron chi connectivity index (χ4n) is 15.6. The van der Waals surface area contributed by atoms with Gasteiger partial charge in [-0.25, -0.2) is 4.98 Å². The zero-order valence-corrected chi connectivity index (χ0v) is 36.8. The molecule has 1 saturated heterocycles. The van der Waals surface area contributed by atoms with Crippen molar-refractivity contribution >= 4 is 17.8 Å². The second kappa shape index (κ2) is 14.4. The van der Waals surface area contributed by atoms with Gasteiger partial charge < -0.3 is 19.7 Å². The molecular formula is C50H71N3O5. The highest BCUT2D eigenvalue weighted by Gasteiger charge is 2.72. The molecule has 5 aliphatic carbocycles. The molecule has 58 heavy (non-hydrogen) atoms. The average Bonchev–Trinajstić information content (AvgIpc) is 3.92. The maximum atomic E-state index is 15.5. The summed E-state index contributed by atoms with van der Waals surface area (Å²) in [5.41, 5.74) is 2.54. The van der Waals surface area contributed by atoms with Crippen molar-refractivity contribution in [1.82, 2.24) is 14.9 Å². The lowest BCUT2D eigenvalue weighted by Crippen LogP contribution is -2.67. The lowest BCUT2D eigenvalue weighted by molar-refractivity contribution is -0.250. The number of H-pyrrole nitrogens is 1. The fourth-order valence-corrected chi connectivity index (χ4v) is 15.6. The maximum absolute atomic E-state index is 15.5. The highest BCUT2D eigenvalue weighted by molar-refractivity contribution is 5.84. The van der Waals surface area contributed by atoms with Gasteiger partial charge in [-0.3, -0.25) is 14.4 Å². The molecular weight excluding hydrogens is 723 g/mol. The summed E-state index contributed by atoms with van der Waals surface area (Å²) in [7, 11) is 0. The molecule has 2 unspecified atom stereocenters. The van der Waals surface area contributed by atoms with Gasteiger partial charge in [-0.1, -0.05) is 91.0 Å². The molecule has 1 amide bonds. The summed E-state index contributed by atoms with van der Waals surface area (Å²) in [6.07, 6.45) is 14.3. The van der Waals surface area contributed by atoms with E-state index < -0.39 is 11.4 Å². The largest absolute Gasteiger partial charge is 0.481 e. The van der Waals surface area contributed by atoms with Crippen LogP contribution in [-0.2, 0) is 19.1 Å². The molecule has 1 aliphatic heterocycles. The number of allylic oxidation sites excluding steroid dienone is 1. The van der Waals surface area contributed by atoms with E-state index >= 15 is 4.79 Å². The number of ether oxygens (including phenoxy) is 1. The number of carbonyl (C=O) groups excluding carboxylic acids is 2. The highest BCUT2D eigenvalue weighted by Crippen LogP contribution is 2.78. The zero-order chi connectivity index (χ0) is 41.6. The summed E-state index contributed by atoms with van der Waals surface area (Å²) in [5.74, 6) is 2.24. The Morgan fingerprint density at radius 2 is 1.64 bits per heavy atom. The third kappa shape index (κ3) is 6.34. The standard InChI is InChI=1S/C50H71N3O5/c1-31(2)33-19-24-50(44(57)53-27-13-16-36(53)43-51-30-35(52-43)32-14-11-10-12-15-32)26-25-48(8)34(42(33)50)17-18-38-47(7)22-21-39(46(5,6)37(47)20-23-49(38,48)9)58-41(56)29-45(3,4)28-40(54)55/h10-12,14-15,30,33-34,36-39,42H,1,13,16-29H2,2-9H3,(H,51,52)(H,54,55)/t33-,34+,36+,37?,38?,39-,42+,47-,48+,49+,50-/m0/s1. The molecule has 2 aromatic rings. The molecule has 2 heterocycles. The Bertz CT molecular complexity index is 1930. The number of aliphatic carboxylic acids is 1. The van der Waals surface area contributed by atoms with Crippen LogP contribution >= 0.6 is 0 Å². The van der Waals surface area contributed by atoms with E-state index in [1.54, 1.807) is 0 Å². The minimum absolute atomic E-state index is 0.0188. The van der Waals surface area contributed by atoms with E-state index in [0.29, 0.717) is 35.5 Å². The van der Waals surface area contributed by atoms with Gasteiger partial charge in [0.1, 0.15) is 11.9 Å². The van der Waals surface area contributed by atoms with Crippen molar-refractivity contribution in [3.8, 4) is 11.3 Å². The van der Waals surface area contributed by atoms with Gasteiger partial charge in [0.05, 0.1) is 36.2 Å². The van der Waals surface area contributed by atoms with Crippen LogP contribution in [0.1, 0.15) is 157 Å². The number of hydrogen-bond acceptors (Lipinski definition) is 5. The topological polar surface area (TPSA) is 113 Å². The number of carboxylic acids is 1. The van der Waals surface area contributed by atoms with E-state index in [-0.39, 0.29) is 58.0 Å². The Kier molecular flexibility index (Phi) is 10.2. The number of hydrogen-bond donors (Lipinski definition) is 2. The third-order valence-electron chi connectivity index (χ3n) is 18.5. The van der Waals surface area contributed by atoms with Gasteiger partial charge in [-0.2, -0.15) is 0 Å². The minimum atomic E-state index is -0.887. The van der Waals surface area contributed by atoms with Crippen molar-refractivity contribution in [3.63, 3.8) is 0 Å². The molecule has 6 aliphatic rings. The van der Waals surface area contributed by atoms with Crippen LogP contribution in [0.25, 0.3) is 11.3 Å². The van der Waals surface area contributed by atoms with Gasteiger partial charge >= 0.3 is 11.9 Å². The van der Waals surface area contributed by atoms with E-state index in [1.165, 1.54) is 12.0 Å². The summed E-state index contributed by atoms with van der Waals surface area (Å²) in [5, 5.41) is 9.40. The Morgan fingerprint density at radius 1 is 0.897 bits per heavy atom. The number of esters is 1. The van der Waals surface area contributed by atoms with Crippen LogP contribution < -0.4 is 0 Å². The zero-order valence-electron chi connectivity index (χ0n) is 36.8. The number of imidazole rings is 1. The maximum Gasteiger partial charge on any atom is 0.306 e. The van der Waals surface area contributed by atoms with E-state index in [0.717, 1.165) is 94.3 Å². The van der Waals surface area contributed by atoms with E-state index in [1.807, 2.05) is 26.1 Å². The number of rotatable bonds is 9. The van der Waals surface area contributed by atoms with Gasteiger partial charge in [-0.05, 0) is 141 Å². The highest BCUT2D eigenvalue weighted by atomic mass is 16.5. The molecule has 8 nitrogen and oxygen atoms in total. The number of carboxylic acid groups (broad SMARTS) is 1. The summed E-state index contributed by atoms with van der Waals surface area (Å²) in [6.45, 7) is 23.8. The predicted molar refractivity (Wildman–Crippen MR) is 227 cm³/mol. The number of amides is 1. The minimum Gasteiger partial charge on any atom is -0.481 e. The molecule has 0 spiro atoms. The van der Waals surface area contributed by atoms with Crippen LogP contribution in [0.3, 0.4) is 0 Å². The van der Waals surface area contributed by atoms with Crippen molar-refractivity contribution in [3.05, 3.63) is 54.5 Å². The van der Waals surface area contributed by atoms with E-state index in [2.05, 4.69) is 82.3 Å². The Labute approximate surface area is 347 Å². The van der Waals surface area contributed by atoms with Gasteiger partial charge in [0.15, 0.2) is 0 Å². The second-order valence-electron chi connectivity index (χ2n) is 22.3. The number of carbonyl (C=O) groups is 3. The Morgan fingerprint density at radius 3 is 2.34 bits per heavy atom. The summed E-state index contributed by atoms with van der Waals surface area (Å²) < 4.78 is 6.32. The smallest absolute Gasteiger partial charge is 0.306 e. The molecule has 1 aromatic carbocycles. The molecule has 5 saturated carbocycles. The molecule has 6 fully saturated rings. The van der Waals surface area contributed by atoms with Gasteiger partial charge in [-0.15, -0.1) is 0 Å². The normalized spacial score (nSPS) is 39.2. The van der Waals surface area contributed by atoms with E-state index in [9.17, 15) is 14.7 Å². The summed E-state index contributed by atoms with van der Waals surface area (Å²) in [4.78, 5) is 51.1. The Balaban J connectivity index is 1.05. The van der Waals surface area contributed by atoms with E-state index in [4.69, 9.17) is 9.72 Å². The van der Waals surface area contributed by atoms with Crippen LogP contribution in [0.5, 0.6) is 0 Å². The van der Waals surface area contributed by atoms with Crippen molar-refractivity contribution in [2.75, 3.05) is 6.54 Å². The monoisotopic (exact) mass is 794 g/mol. The predicted octanol–water partition coefficient (Wildman–Crippen LogP) is 11.2. The quantitative estimate of drug-likeness (QED) is 0.193. The van der Waals surface area contributed by atoms with Crippen molar-refractivity contribution < 1.29 is 24.2 Å². The average molecular weight is 794 g/mol. The molecule has 11 atom stereocenters. The molecule has 8 heteroatoms. The molecule has 8 rings (SSSR count). The number of nitrogens with zero attached hydrogens (tertiary/aromatic N) is 2.